The van der Waals surface area contributed by atoms with Crippen molar-refractivity contribution < 1.29 is 4.39 Å². The van der Waals surface area contributed by atoms with Gasteiger partial charge in [-0.25, -0.2) is 4.39 Å². The van der Waals surface area contributed by atoms with Gasteiger partial charge in [-0.05, 0) is 37.3 Å². The molecule has 1 aromatic carbocycles. The van der Waals surface area contributed by atoms with Gasteiger partial charge in [-0.3, -0.25) is 0 Å². The molecule has 1 nitrogen and oxygen atoms in total. The molecule has 1 aromatic rings. The number of hydrogen-bond acceptors (Lipinski definition) is 2. The molecular weight excluding hydrogens is 269 g/mol. The van der Waals surface area contributed by atoms with Gasteiger partial charge in [0.1, 0.15) is 5.82 Å². The monoisotopic (exact) mass is 287 g/mol. The summed E-state index contributed by atoms with van der Waals surface area (Å²) in [6.45, 7) is 0.564. The lowest BCUT2D eigenvalue weighted by atomic mass is 9.94. The van der Waals surface area contributed by atoms with Gasteiger partial charge in [-0.2, -0.15) is 11.8 Å². The van der Waals surface area contributed by atoms with E-state index < -0.39 is 0 Å². The van der Waals surface area contributed by atoms with Crippen LogP contribution in [0.2, 0.25) is 5.02 Å². The van der Waals surface area contributed by atoms with Crippen molar-refractivity contribution in [2.24, 2.45) is 0 Å². The van der Waals surface area contributed by atoms with Gasteiger partial charge < -0.3 is 5.32 Å². The van der Waals surface area contributed by atoms with Crippen molar-refractivity contribution in [1.82, 2.24) is 5.32 Å². The zero-order valence-corrected chi connectivity index (χ0v) is 12.2. The van der Waals surface area contributed by atoms with E-state index in [9.17, 15) is 4.39 Å². The highest BCUT2D eigenvalue weighted by Gasteiger charge is 2.23. The molecule has 1 saturated carbocycles. The van der Waals surface area contributed by atoms with E-state index in [0.29, 0.717) is 28.4 Å². The minimum Gasteiger partial charge on any atom is -0.309 e. The van der Waals surface area contributed by atoms with E-state index in [1.165, 1.54) is 31.7 Å². The Morgan fingerprint density at radius 3 is 2.94 bits per heavy atom. The third-order valence-corrected chi connectivity index (χ3v) is 4.97. The molecule has 1 aliphatic carbocycles. The van der Waals surface area contributed by atoms with E-state index in [1.807, 2.05) is 11.8 Å². The molecule has 0 bridgehead atoms. The van der Waals surface area contributed by atoms with Crippen LogP contribution in [0.4, 0.5) is 4.39 Å². The summed E-state index contributed by atoms with van der Waals surface area (Å²) in [6.07, 6.45) is 7.19. The number of benzene rings is 1. The molecule has 0 saturated heterocycles. The first kappa shape index (κ1) is 14.2. The van der Waals surface area contributed by atoms with Gasteiger partial charge >= 0.3 is 0 Å². The van der Waals surface area contributed by atoms with Crippen molar-refractivity contribution in [3.05, 3.63) is 34.6 Å². The van der Waals surface area contributed by atoms with E-state index in [-0.39, 0.29) is 5.82 Å². The van der Waals surface area contributed by atoms with Crippen molar-refractivity contribution in [3.63, 3.8) is 0 Å². The molecule has 0 aliphatic heterocycles. The van der Waals surface area contributed by atoms with Gasteiger partial charge in [0.25, 0.3) is 0 Å². The Hall–Kier alpha value is -0.250. The van der Waals surface area contributed by atoms with Gasteiger partial charge in [0.15, 0.2) is 0 Å². The normalized spacial score (nSPS) is 24.2. The molecule has 1 aliphatic rings. The van der Waals surface area contributed by atoms with Crippen LogP contribution in [0.3, 0.4) is 0 Å². The third kappa shape index (κ3) is 3.62. The summed E-state index contributed by atoms with van der Waals surface area (Å²) in [6, 6.07) is 5.23. The van der Waals surface area contributed by atoms with Crippen molar-refractivity contribution >= 4 is 23.4 Å². The summed E-state index contributed by atoms with van der Waals surface area (Å²) < 4.78 is 13.6. The highest BCUT2D eigenvalue weighted by molar-refractivity contribution is 7.99. The fraction of sp³-hybridized carbons (Fsp3) is 0.571. The molecule has 18 heavy (non-hydrogen) atoms. The van der Waals surface area contributed by atoms with E-state index in [0.717, 1.165) is 0 Å². The summed E-state index contributed by atoms with van der Waals surface area (Å²) in [5, 5.41) is 4.74. The van der Waals surface area contributed by atoms with E-state index in [4.69, 9.17) is 11.6 Å². The number of hydrogen-bond donors (Lipinski definition) is 1. The molecule has 4 heteroatoms. The van der Waals surface area contributed by atoms with Gasteiger partial charge in [0.2, 0.25) is 0 Å². The Bertz CT molecular complexity index is 399. The van der Waals surface area contributed by atoms with Crippen LogP contribution in [0.15, 0.2) is 18.2 Å². The molecule has 2 unspecified atom stereocenters. The minimum absolute atomic E-state index is 0.177. The SMILES string of the molecule is CSC1CCCCC1NCc1cc(Cl)ccc1F. The van der Waals surface area contributed by atoms with Gasteiger partial charge in [0.05, 0.1) is 0 Å². The van der Waals surface area contributed by atoms with E-state index in [1.54, 1.807) is 12.1 Å². The highest BCUT2D eigenvalue weighted by Crippen LogP contribution is 2.27. The Kier molecular flexibility index (Phi) is 5.34. The van der Waals surface area contributed by atoms with Crippen LogP contribution < -0.4 is 5.32 Å². The maximum Gasteiger partial charge on any atom is 0.127 e. The van der Waals surface area contributed by atoms with E-state index >= 15 is 0 Å². The Morgan fingerprint density at radius 1 is 1.39 bits per heavy atom. The zero-order valence-electron chi connectivity index (χ0n) is 10.6. The number of rotatable bonds is 4. The lowest BCUT2D eigenvalue weighted by molar-refractivity contribution is 0.380. The smallest absolute Gasteiger partial charge is 0.127 e. The van der Waals surface area contributed by atoms with Crippen LogP contribution in [0, 0.1) is 5.82 Å². The summed E-state index contributed by atoms with van der Waals surface area (Å²) in [7, 11) is 0. The topological polar surface area (TPSA) is 12.0 Å². The van der Waals surface area contributed by atoms with Crippen LogP contribution >= 0.6 is 23.4 Å². The molecule has 2 rings (SSSR count). The number of halogens is 2. The Morgan fingerprint density at radius 2 is 2.17 bits per heavy atom. The first-order valence-electron chi connectivity index (χ1n) is 6.41. The largest absolute Gasteiger partial charge is 0.309 e. The average Bonchev–Trinajstić information content (AvgIpc) is 2.40. The summed E-state index contributed by atoms with van der Waals surface area (Å²) in [5.41, 5.74) is 0.660. The van der Waals surface area contributed by atoms with Gasteiger partial charge in [0, 0.05) is 28.4 Å². The Balaban J connectivity index is 1.95. The second kappa shape index (κ2) is 6.78. The molecule has 0 aromatic heterocycles. The maximum absolute atomic E-state index is 13.6. The van der Waals surface area contributed by atoms with Crippen LogP contribution in [0.5, 0.6) is 0 Å². The third-order valence-electron chi connectivity index (χ3n) is 3.57. The quantitative estimate of drug-likeness (QED) is 0.889. The molecule has 100 valence electrons. The second-order valence-electron chi connectivity index (χ2n) is 4.78. The second-order valence-corrected chi connectivity index (χ2v) is 6.30. The highest BCUT2D eigenvalue weighted by atomic mass is 35.5. The number of thioether (sulfide) groups is 1. The van der Waals surface area contributed by atoms with Crippen LogP contribution in [-0.2, 0) is 6.54 Å². The predicted octanol–water partition coefficient (Wildman–Crippen LogP) is 4.24. The maximum atomic E-state index is 13.6. The predicted molar refractivity (Wildman–Crippen MR) is 77.8 cm³/mol. The van der Waals surface area contributed by atoms with Crippen molar-refractivity contribution in [3.8, 4) is 0 Å². The lowest BCUT2D eigenvalue weighted by Gasteiger charge is -2.31. The van der Waals surface area contributed by atoms with Crippen LogP contribution in [0.1, 0.15) is 31.2 Å². The molecule has 0 radical (unpaired) electrons. The number of nitrogens with one attached hydrogen (secondary N) is 1. The summed E-state index contributed by atoms with van der Waals surface area (Å²) in [5.74, 6) is -0.177. The minimum atomic E-state index is -0.177. The van der Waals surface area contributed by atoms with E-state index in [2.05, 4.69) is 11.6 Å². The first-order chi connectivity index (χ1) is 8.70. The van der Waals surface area contributed by atoms with Crippen molar-refractivity contribution in [1.29, 1.82) is 0 Å². The average molecular weight is 288 g/mol. The lowest BCUT2D eigenvalue weighted by Crippen LogP contribution is -2.40. The first-order valence-corrected chi connectivity index (χ1v) is 8.07. The van der Waals surface area contributed by atoms with Crippen molar-refractivity contribution in [2.45, 2.75) is 43.5 Å². The van der Waals surface area contributed by atoms with Crippen molar-refractivity contribution in [2.75, 3.05) is 6.26 Å². The molecular formula is C14H19ClFNS. The standard InChI is InChI=1S/C14H19ClFNS/c1-18-14-5-3-2-4-13(14)17-9-10-8-11(15)6-7-12(10)16/h6-8,13-14,17H,2-5,9H2,1H3. The molecule has 1 N–H and O–H groups in total. The fourth-order valence-corrected chi connectivity index (χ4v) is 3.69. The molecule has 0 heterocycles. The Labute approximate surface area is 117 Å². The molecule has 0 amide bonds. The zero-order chi connectivity index (χ0) is 13.0. The van der Waals surface area contributed by atoms with Crippen LogP contribution in [-0.4, -0.2) is 17.5 Å². The molecule has 2 atom stereocenters. The molecule has 0 spiro atoms. The molecule has 1 fully saturated rings. The van der Waals surface area contributed by atoms with Gasteiger partial charge in [-0.1, -0.05) is 24.4 Å². The summed E-state index contributed by atoms with van der Waals surface area (Å²) >= 11 is 7.81. The van der Waals surface area contributed by atoms with Crippen LogP contribution in [0.25, 0.3) is 0 Å². The van der Waals surface area contributed by atoms with Gasteiger partial charge in [-0.15, -0.1) is 0 Å². The summed E-state index contributed by atoms with van der Waals surface area (Å²) in [4.78, 5) is 0. The fourth-order valence-electron chi connectivity index (χ4n) is 2.53.